The number of methoxy groups -OCH3 is 1. The molecule has 0 unspecified atom stereocenters. The Morgan fingerprint density at radius 2 is 2.00 bits per heavy atom. The highest BCUT2D eigenvalue weighted by molar-refractivity contribution is 9.10. The van der Waals surface area contributed by atoms with Crippen molar-refractivity contribution in [2.24, 2.45) is 0 Å². The van der Waals surface area contributed by atoms with Crippen LogP contribution in [0, 0.1) is 21.4 Å². The van der Waals surface area contributed by atoms with Crippen LogP contribution in [0.15, 0.2) is 52.5 Å². The zero-order valence-electron chi connectivity index (χ0n) is 13.0. The summed E-state index contributed by atoms with van der Waals surface area (Å²) >= 11 is 3.34. The van der Waals surface area contributed by atoms with Crippen LogP contribution < -0.4 is 10.1 Å². The number of amides is 1. The fourth-order valence-electron chi connectivity index (χ4n) is 1.95. The predicted octanol–water partition coefficient (Wildman–Crippen LogP) is 3.91. The lowest BCUT2D eigenvalue weighted by atomic mass is 10.1. The third-order valence-electron chi connectivity index (χ3n) is 3.19. The molecule has 0 atom stereocenters. The highest BCUT2D eigenvalue weighted by Crippen LogP contribution is 2.26. The fourth-order valence-corrected chi connectivity index (χ4v) is 2.51. The minimum absolute atomic E-state index is 0.0860. The maximum Gasteiger partial charge on any atom is 0.269 e. The maximum atomic E-state index is 12.2. The Bertz CT molecular complexity index is 886. The van der Waals surface area contributed by atoms with Crippen LogP contribution >= 0.6 is 15.9 Å². The second-order valence-corrected chi connectivity index (χ2v) is 5.68. The average molecular weight is 402 g/mol. The van der Waals surface area contributed by atoms with Gasteiger partial charge in [-0.15, -0.1) is 0 Å². The number of non-ortho nitro benzene ring substituents is 1. The molecule has 0 aliphatic rings. The lowest BCUT2D eigenvalue weighted by molar-refractivity contribution is -0.384. The number of nitro benzene ring substituents is 1. The SMILES string of the molecule is COc1ccc(/C=C(\C#N)C(=O)Nc2ccc([N+](=O)[O-])cc2)cc1Br. The van der Waals surface area contributed by atoms with E-state index in [4.69, 9.17) is 4.74 Å². The molecule has 0 bridgehead atoms. The van der Waals surface area contributed by atoms with Crippen molar-refractivity contribution in [2.75, 3.05) is 12.4 Å². The molecule has 7 nitrogen and oxygen atoms in total. The Morgan fingerprint density at radius 1 is 1.32 bits per heavy atom. The summed E-state index contributed by atoms with van der Waals surface area (Å²) < 4.78 is 5.82. The van der Waals surface area contributed by atoms with E-state index in [9.17, 15) is 20.2 Å². The highest BCUT2D eigenvalue weighted by atomic mass is 79.9. The fraction of sp³-hybridized carbons (Fsp3) is 0.0588. The summed E-state index contributed by atoms with van der Waals surface area (Å²) in [6.45, 7) is 0. The van der Waals surface area contributed by atoms with Crippen molar-refractivity contribution in [3.05, 3.63) is 68.2 Å². The third kappa shape index (κ3) is 4.65. The number of nitrogens with one attached hydrogen (secondary N) is 1. The maximum absolute atomic E-state index is 12.2. The van der Waals surface area contributed by atoms with E-state index in [2.05, 4.69) is 21.2 Å². The standard InChI is InChI=1S/C17H12BrN3O4/c1-25-16-7-2-11(9-15(16)18)8-12(10-19)17(22)20-13-3-5-14(6-4-13)21(23)24/h2-9H,1H3,(H,20,22)/b12-8+. The Balaban J connectivity index is 2.19. The molecule has 0 aromatic heterocycles. The number of nitriles is 1. The van der Waals surface area contributed by atoms with Crippen LogP contribution in [0.2, 0.25) is 0 Å². The van der Waals surface area contributed by atoms with Crippen molar-refractivity contribution in [1.82, 2.24) is 0 Å². The van der Waals surface area contributed by atoms with E-state index in [1.807, 2.05) is 6.07 Å². The first-order chi connectivity index (χ1) is 11.9. The molecule has 0 fully saturated rings. The number of ether oxygens (including phenoxy) is 1. The molecule has 0 aliphatic carbocycles. The number of carbonyl (C=O) groups excluding carboxylic acids is 1. The molecule has 2 aromatic carbocycles. The summed E-state index contributed by atoms with van der Waals surface area (Å²) in [6.07, 6.45) is 1.44. The van der Waals surface area contributed by atoms with Crippen LogP contribution in [-0.2, 0) is 4.79 Å². The van der Waals surface area contributed by atoms with E-state index in [1.165, 1.54) is 37.5 Å². The van der Waals surface area contributed by atoms with Crippen molar-refractivity contribution in [2.45, 2.75) is 0 Å². The number of halogens is 1. The van der Waals surface area contributed by atoms with E-state index in [0.717, 1.165) is 0 Å². The average Bonchev–Trinajstić information content (AvgIpc) is 2.60. The minimum atomic E-state index is -0.608. The minimum Gasteiger partial charge on any atom is -0.496 e. The van der Waals surface area contributed by atoms with Crippen LogP contribution in [0.1, 0.15) is 5.56 Å². The highest BCUT2D eigenvalue weighted by Gasteiger charge is 2.11. The Morgan fingerprint density at radius 3 is 2.52 bits per heavy atom. The summed E-state index contributed by atoms with van der Waals surface area (Å²) in [7, 11) is 1.54. The van der Waals surface area contributed by atoms with Gasteiger partial charge in [-0.25, -0.2) is 0 Å². The van der Waals surface area contributed by atoms with Gasteiger partial charge >= 0.3 is 0 Å². The predicted molar refractivity (Wildman–Crippen MR) is 96.0 cm³/mol. The van der Waals surface area contributed by atoms with Crippen LogP contribution in [0.5, 0.6) is 5.75 Å². The molecule has 2 rings (SSSR count). The smallest absolute Gasteiger partial charge is 0.269 e. The largest absolute Gasteiger partial charge is 0.496 e. The third-order valence-corrected chi connectivity index (χ3v) is 3.81. The van der Waals surface area contributed by atoms with Gasteiger partial charge in [0, 0.05) is 17.8 Å². The van der Waals surface area contributed by atoms with Gasteiger partial charge in [0.05, 0.1) is 16.5 Å². The number of hydrogen-bond donors (Lipinski definition) is 1. The number of nitro groups is 1. The molecule has 2 aromatic rings. The topological polar surface area (TPSA) is 105 Å². The monoisotopic (exact) mass is 401 g/mol. The van der Waals surface area contributed by atoms with Gasteiger partial charge in [-0.3, -0.25) is 14.9 Å². The van der Waals surface area contributed by atoms with E-state index >= 15 is 0 Å². The van der Waals surface area contributed by atoms with Gasteiger partial charge in [-0.2, -0.15) is 5.26 Å². The quantitative estimate of drug-likeness (QED) is 0.353. The molecule has 0 radical (unpaired) electrons. The van der Waals surface area contributed by atoms with Crippen LogP contribution in [0.3, 0.4) is 0 Å². The molecule has 0 saturated carbocycles. The summed E-state index contributed by atoms with van der Waals surface area (Å²) in [5, 5.41) is 22.4. The molecule has 0 spiro atoms. The van der Waals surface area contributed by atoms with E-state index in [0.29, 0.717) is 21.5 Å². The molecule has 0 heterocycles. The number of carbonyl (C=O) groups is 1. The zero-order valence-corrected chi connectivity index (χ0v) is 14.6. The van der Waals surface area contributed by atoms with E-state index in [1.54, 1.807) is 18.2 Å². The van der Waals surface area contributed by atoms with Gasteiger partial charge in [-0.1, -0.05) is 6.07 Å². The molecule has 0 saturated heterocycles. The van der Waals surface area contributed by atoms with Crippen molar-refractivity contribution < 1.29 is 14.5 Å². The molecule has 1 amide bonds. The van der Waals surface area contributed by atoms with Gasteiger partial charge < -0.3 is 10.1 Å². The number of anilines is 1. The molecule has 25 heavy (non-hydrogen) atoms. The van der Waals surface area contributed by atoms with Gasteiger partial charge in [0.25, 0.3) is 11.6 Å². The Kier molecular flexibility index (Phi) is 5.87. The van der Waals surface area contributed by atoms with Gasteiger partial charge in [-0.05, 0) is 51.8 Å². The molecular formula is C17H12BrN3O4. The molecule has 0 aliphatic heterocycles. The normalized spacial score (nSPS) is 10.7. The second kappa shape index (κ2) is 8.08. The van der Waals surface area contributed by atoms with Crippen molar-refractivity contribution in [1.29, 1.82) is 5.26 Å². The van der Waals surface area contributed by atoms with E-state index < -0.39 is 10.8 Å². The van der Waals surface area contributed by atoms with Gasteiger partial charge in [0.15, 0.2) is 0 Å². The second-order valence-electron chi connectivity index (χ2n) is 4.82. The summed E-state index contributed by atoms with van der Waals surface area (Å²) in [6, 6.07) is 12.3. The van der Waals surface area contributed by atoms with Crippen LogP contribution in [0.25, 0.3) is 6.08 Å². The first-order valence-electron chi connectivity index (χ1n) is 6.95. The van der Waals surface area contributed by atoms with Crippen LogP contribution in [-0.4, -0.2) is 17.9 Å². The van der Waals surface area contributed by atoms with Crippen LogP contribution in [0.4, 0.5) is 11.4 Å². The number of hydrogen-bond acceptors (Lipinski definition) is 5. The van der Waals surface area contributed by atoms with Gasteiger partial charge in [0.2, 0.25) is 0 Å². The lowest BCUT2D eigenvalue weighted by Crippen LogP contribution is -2.13. The summed E-state index contributed by atoms with van der Waals surface area (Å²) in [5.41, 5.74) is 0.809. The number of benzene rings is 2. The lowest BCUT2D eigenvalue weighted by Gasteiger charge is -2.05. The number of rotatable bonds is 5. The molecule has 1 N–H and O–H groups in total. The molecular weight excluding hydrogens is 390 g/mol. The molecule has 126 valence electrons. The first kappa shape index (κ1) is 18.2. The van der Waals surface area contributed by atoms with Gasteiger partial charge in [0.1, 0.15) is 17.4 Å². The Hall–Kier alpha value is -3.18. The zero-order chi connectivity index (χ0) is 18.4. The van der Waals surface area contributed by atoms with Crippen molar-refractivity contribution in [3.8, 4) is 11.8 Å². The molecule has 8 heteroatoms. The van der Waals surface area contributed by atoms with Crippen molar-refractivity contribution in [3.63, 3.8) is 0 Å². The summed E-state index contributed by atoms with van der Waals surface area (Å²) in [5.74, 6) is 0.0225. The number of nitrogens with zero attached hydrogens (tertiary/aromatic N) is 2. The Labute approximate surface area is 151 Å². The first-order valence-corrected chi connectivity index (χ1v) is 7.75. The summed E-state index contributed by atoms with van der Waals surface area (Å²) in [4.78, 5) is 22.3. The van der Waals surface area contributed by atoms with E-state index in [-0.39, 0.29) is 11.3 Å². The van der Waals surface area contributed by atoms with Crippen molar-refractivity contribution >= 4 is 39.3 Å².